The maximum Gasteiger partial charge on any atom is 0.326 e. The number of aromatic amines is 1. The monoisotopic (exact) mass is 275 g/mol. The number of nitrogens with zero attached hydrogens (tertiary/aromatic N) is 3. The fraction of sp³-hybridized carbons (Fsp3) is 0.385. The second kappa shape index (κ2) is 6.14. The standard InChI is InChI=1S/C13H17N5O2/c1-8(2)10-4-12(17-7-16-10)18-11(13(19)20)3-9-5-14-6-15-9/h4-8,11H,3H2,1-2H3,(H,14,15)(H,19,20)(H,16,17,18)/t11-/m0/s1. The molecule has 0 aromatic carbocycles. The van der Waals surface area contributed by atoms with Gasteiger partial charge in [0.1, 0.15) is 18.2 Å². The normalized spacial score (nSPS) is 12.3. The van der Waals surface area contributed by atoms with E-state index < -0.39 is 12.0 Å². The topological polar surface area (TPSA) is 104 Å². The Labute approximate surface area is 116 Å². The molecule has 3 N–H and O–H groups in total. The van der Waals surface area contributed by atoms with Crippen molar-refractivity contribution >= 4 is 11.8 Å². The summed E-state index contributed by atoms with van der Waals surface area (Å²) >= 11 is 0. The van der Waals surface area contributed by atoms with E-state index in [0.29, 0.717) is 12.2 Å². The highest BCUT2D eigenvalue weighted by Crippen LogP contribution is 2.15. The van der Waals surface area contributed by atoms with Crippen LogP contribution in [-0.2, 0) is 11.2 Å². The number of hydrogen-bond acceptors (Lipinski definition) is 5. The van der Waals surface area contributed by atoms with Gasteiger partial charge in [0.05, 0.1) is 6.33 Å². The van der Waals surface area contributed by atoms with Gasteiger partial charge in [0.2, 0.25) is 0 Å². The van der Waals surface area contributed by atoms with E-state index in [9.17, 15) is 9.90 Å². The molecular formula is C13H17N5O2. The number of H-pyrrole nitrogens is 1. The van der Waals surface area contributed by atoms with Crippen LogP contribution in [0.1, 0.15) is 31.2 Å². The third kappa shape index (κ3) is 3.53. The van der Waals surface area contributed by atoms with Crippen LogP contribution in [0, 0.1) is 0 Å². The molecule has 0 bridgehead atoms. The van der Waals surface area contributed by atoms with Crippen LogP contribution < -0.4 is 5.32 Å². The lowest BCUT2D eigenvalue weighted by Gasteiger charge is -2.15. The van der Waals surface area contributed by atoms with Crippen molar-refractivity contribution in [1.82, 2.24) is 19.9 Å². The molecule has 20 heavy (non-hydrogen) atoms. The fourth-order valence-corrected chi connectivity index (χ4v) is 1.76. The van der Waals surface area contributed by atoms with Crippen LogP contribution in [-0.4, -0.2) is 37.1 Å². The zero-order valence-corrected chi connectivity index (χ0v) is 11.4. The number of imidazole rings is 1. The molecule has 106 valence electrons. The van der Waals surface area contributed by atoms with Gasteiger partial charge in [0.25, 0.3) is 0 Å². The van der Waals surface area contributed by atoms with Crippen molar-refractivity contribution in [2.24, 2.45) is 0 Å². The first-order valence-corrected chi connectivity index (χ1v) is 6.34. The lowest BCUT2D eigenvalue weighted by atomic mass is 10.1. The summed E-state index contributed by atoms with van der Waals surface area (Å²) in [4.78, 5) is 26.3. The van der Waals surface area contributed by atoms with E-state index in [2.05, 4.69) is 25.3 Å². The Hall–Kier alpha value is -2.44. The Balaban J connectivity index is 2.12. The number of anilines is 1. The van der Waals surface area contributed by atoms with Gasteiger partial charge in [-0.3, -0.25) is 0 Å². The maximum absolute atomic E-state index is 11.3. The molecule has 2 aromatic rings. The number of rotatable bonds is 6. The van der Waals surface area contributed by atoms with Crippen molar-refractivity contribution in [1.29, 1.82) is 0 Å². The number of carbonyl (C=O) groups is 1. The summed E-state index contributed by atoms with van der Waals surface area (Å²) in [5.41, 5.74) is 1.62. The molecule has 0 unspecified atom stereocenters. The molecule has 0 aliphatic heterocycles. The number of carboxylic acids is 1. The summed E-state index contributed by atoms with van der Waals surface area (Å²) in [5.74, 6) is -0.172. The van der Waals surface area contributed by atoms with Gasteiger partial charge in [-0.05, 0) is 5.92 Å². The Morgan fingerprint density at radius 1 is 1.45 bits per heavy atom. The maximum atomic E-state index is 11.3. The van der Waals surface area contributed by atoms with E-state index in [1.807, 2.05) is 13.8 Å². The van der Waals surface area contributed by atoms with Crippen LogP contribution in [0.5, 0.6) is 0 Å². The van der Waals surface area contributed by atoms with E-state index in [1.54, 1.807) is 12.3 Å². The highest BCUT2D eigenvalue weighted by molar-refractivity contribution is 5.77. The molecule has 7 nitrogen and oxygen atoms in total. The number of hydrogen-bond donors (Lipinski definition) is 3. The Bertz CT molecular complexity index is 568. The van der Waals surface area contributed by atoms with Gasteiger partial charge >= 0.3 is 5.97 Å². The summed E-state index contributed by atoms with van der Waals surface area (Å²) in [5, 5.41) is 12.2. The van der Waals surface area contributed by atoms with Gasteiger partial charge in [0, 0.05) is 30.1 Å². The molecule has 0 amide bonds. The van der Waals surface area contributed by atoms with Gasteiger partial charge in [0.15, 0.2) is 0 Å². The number of nitrogens with one attached hydrogen (secondary N) is 2. The predicted octanol–water partition coefficient (Wildman–Crippen LogP) is 1.43. The average Bonchev–Trinajstić information content (AvgIpc) is 2.91. The third-order valence-electron chi connectivity index (χ3n) is 2.88. The Kier molecular flexibility index (Phi) is 4.29. The van der Waals surface area contributed by atoms with Crippen molar-refractivity contribution in [3.8, 4) is 0 Å². The minimum Gasteiger partial charge on any atom is -0.480 e. The highest BCUT2D eigenvalue weighted by Gasteiger charge is 2.19. The molecule has 2 rings (SSSR count). The van der Waals surface area contributed by atoms with Crippen molar-refractivity contribution < 1.29 is 9.90 Å². The van der Waals surface area contributed by atoms with Gasteiger partial charge in [-0.2, -0.15) is 0 Å². The smallest absolute Gasteiger partial charge is 0.326 e. The first-order valence-electron chi connectivity index (χ1n) is 6.34. The van der Waals surface area contributed by atoms with Gasteiger partial charge < -0.3 is 15.4 Å². The van der Waals surface area contributed by atoms with Crippen molar-refractivity contribution in [3.63, 3.8) is 0 Å². The molecular weight excluding hydrogens is 258 g/mol. The third-order valence-corrected chi connectivity index (χ3v) is 2.88. The first-order chi connectivity index (χ1) is 9.56. The zero-order chi connectivity index (χ0) is 14.5. The quantitative estimate of drug-likeness (QED) is 0.736. The van der Waals surface area contributed by atoms with Gasteiger partial charge in [-0.1, -0.05) is 13.8 Å². The molecule has 7 heteroatoms. The molecule has 0 saturated heterocycles. The molecule has 0 spiro atoms. The molecule has 0 aliphatic carbocycles. The average molecular weight is 275 g/mol. The Morgan fingerprint density at radius 3 is 2.85 bits per heavy atom. The molecule has 0 saturated carbocycles. The number of aliphatic carboxylic acids is 1. The summed E-state index contributed by atoms with van der Waals surface area (Å²) in [6.07, 6.45) is 4.87. The first kappa shape index (κ1) is 14.0. The van der Waals surface area contributed by atoms with E-state index in [1.165, 1.54) is 12.7 Å². The van der Waals surface area contributed by atoms with E-state index >= 15 is 0 Å². The molecule has 1 atom stereocenters. The predicted molar refractivity (Wildman–Crippen MR) is 73.5 cm³/mol. The van der Waals surface area contributed by atoms with Crippen LogP contribution in [0.15, 0.2) is 24.9 Å². The highest BCUT2D eigenvalue weighted by atomic mass is 16.4. The molecule has 0 radical (unpaired) electrons. The minimum absolute atomic E-state index is 0.259. The van der Waals surface area contributed by atoms with E-state index in [4.69, 9.17) is 0 Å². The molecule has 2 heterocycles. The van der Waals surface area contributed by atoms with Crippen LogP contribution >= 0.6 is 0 Å². The molecule has 2 aromatic heterocycles. The van der Waals surface area contributed by atoms with Crippen LogP contribution in [0.4, 0.5) is 5.82 Å². The largest absolute Gasteiger partial charge is 0.480 e. The lowest BCUT2D eigenvalue weighted by molar-refractivity contribution is -0.137. The van der Waals surface area contributed by atoms with E-state index in [-0.39, 0.29) is 5.92 Å². The van der Waals surface area contributed by atoms with Crippen LogP contribution in [0.3, 0.4) is 0 Å². The summed E-state index contributed by atoms with van der Waals surface area (Å²) < 4.78 is 0. The second-order valence-corrected chi connectivity index (χ2v) is 4.80. The summed E-state index contributed by atoms with van der Waals surface area (Å²) in [7, 11) is 0. The van der Waals surface area contributed by atoms with Crippen LogP contribution in [0.2, 0.25) is 0 Å². The SMILES string of the molecule is CC(C)c1cc(N[C@@H](Cc2cnc[nH]2)C(=O)O)ncn1. The fourth-order valence-electron chi connectivity index (χ4n) is 1.76. The van der Waals surface area contributed by atoms with Crippen molar-refractivity contribution in [2.75, 3.05) is 5.32 Å². The number of carboxylic acid groups (broad SMARTS) is 1. The van der Waals surface area contributed by atoms with Crippen molar-refractivity contribution in [3.05, 3.63) is 36.3 Å². The lowest BCUT2D eigenvalue weighted by Crippen LogP contribution is -2.32. The Morgan fingerprint density at radius 2 is 2.25 bits per heavy atom. The molecule has 0 fully saturated rings. The summed E-state index contributed by atoms with van der Waals surface area (Å²) in [6.45, 7) is 4.04. The van der Waals surface area contributed by atoms with Gasteiger partial charge in [-0.25, -0.2) is 19.7 Å². The second-order valence-electron chi connectivity index (χ2n) is 4.80. The number of aromatic nitrogens is 4. The van der Waals surface area contributed by atoms with Crippen LogP contribution in [0.25, 0.3) is 0 Å². The van der Waals surface area contributed by atoms with E-state index in [0.717, 1.165) is 11.4 Å². The minimum atomic E-state index is -0.940. The summed E-state index contributed by atoms with van der Waals surface area (Å²) in [6, 6.07) is 0.999. The zero-order valence-electron chi connectivity index (χ0n) is 11.4. The van der Waals surface area contributed by atoms with Gasteiger partial charge in [-0.15, -0.1) is 0 Å². The molecule has 0 aliphatic rings. The van der Waals surface area contributed by atoms with Crippen molar-refractivity contribution in [2.45, 2.75) is 32.2 Å².